The largest absolute Gasteiger partial charge is 0.335 e. The zero-order valence-electron chi connectivity index (χ0n) is 10.5. The van der Waals surface area contributed by atoms with Gasteiger partial charge < -0.3 is 4.98 Å². The SMILES string of the molecule is O=C(C=Cc1ccccc1F)c1nc2ccccc2[nH]1. The van der Waals surface area contributed by atoms with Gasteiger partial charge in [-0.1, -0.05) is 30.3 Å². The Morgan fingerprint density at radius 1 is 1.10 bits per heavy atom. The zero-order chi connectivity index (χ0) is 13.9. The molecular formula is C16H11FN2O. The van der Waals surface area contributed by atoms with Gasteiger partial charge in [0.05, 0.1) is 11.0 Å². The number of para-hydroxylation sites is 2. The van der Waals surface area contributed by atoms with Crippen LogP contribution in [0.25, 0.3) is 17.1 Å². The van der Waals surface area contributed by atoms with E-state index in [1.54, 1.807) is 18.2 Å². The fourth-order valence-electron chi connectivity index (χ4n) is 1.92. The first-order valence-corrected chi connectivity index (χ1v) is 6.16. The summed E-state index contributed by atoms with van der Waals surface area (Å²) >= 11 is 0. The summed E-state index contributed by atoms with van der Waals surface area (Å²) in [6, 6.07) is 13.7. The molecule has 3 rings (SSSR count). The standard InChI is InChI=1S/C16H11FN2O/c17-12-6-2-1-5-11(12)9-10-15(20)16-18-13-7-3-4-8-14(13)19-16/h1-10H,(H,18,19). The van der Waals surface area contributed by atoms with Gasteiger partial charge in [-0.15, -0.1) is 0 Å². The summed E-state index contributed by atoms with van der Waals surface area (Å²) in [7, 11) is 0. The van der Waals surface area contributed by atoms with Crippen molar-refractivity contribution in [3.05, 3.63) is 71.8 Å². The van der Waals surface area contributed by atoms with Crippen molar-refractivity contribution in [1.82, 2.24) is 9.97 Å². The summed E-state index contributed by atoms with van der Waals surface area (Å²) in [4.78, 5) is 19.1. The summed E-state index contributed by atoms with van der Waals surface area (Å²) in [5, 5.41) is 0. The van der Waals surface area contributed by atoms with Gasteiger partial charge in [0.2, 0.25) is 5.78 Å². The lowest BCUT2D eigenvalue weighted by Crippen LogP contribution is -1.96. The lowest BCUT2D eigenvalue weighted by atomic mass is 10.2. The number of halogens is 1. The zero-order valence-corrected chi connectivity index (χ0v) is 10.5. The van der Waals surface area contributed by atoms with Crippen LogP contribution in [0.15, 0.2) is 54.6 Å². The van der Waals surface area contributed by atoms with Crippen LogP contribution in [-0.4, -0.2) is 15.8 Å². The Labute approximate surface area is 114 Å². The van der Waals surface area contributed by atoms with E-state index in [0.29, 0.717) is 5.56 Å². The topological polar surface area (TPSA) is 45.8 Å². The maximum atomic E-state index is 13.4. The molecule has 1 aromatic heterocycles. The first-order valence-electron chi connectivity index (χ1n) is 6.16. The van der Waals surface area contributed by atoms with Crippen LogP contribution in [0.4, 0.5) is 4.39 Å². The van der Waals surface area contributed by atoms with Gasteiger partial charge in [-0.25, -0.2) is 9.37 Å². The van der Waals surface area contributed by atoms with Crippen molar-refractivity contribution in [2.75, 3.05) is 0 Å². The molecule has 4 heteroatoms. The number of ketones is 1. The van der Waals surface area contributed by atoms with E-state index < -0.39 is 0 Å². The summed E-state index contributed by atoms with van der Waals surface area (Å²) in [6.45, 7) is 0. The lowest BCUT2D eigenvalue weighted by molar-refractivity contribution is 0.103. The first-order chi connectivity index (χ1) is 9.74. The molecule has 3 aromatic rings. The molecule has 3 nitrogen and oxygen atoms in total. The predicted octanol–water partition coefficient (Wildman–Crippen LogP) is 3.60. The van der Waals surface area contributed by atoms with Gasteiger partial charge in [-0.05, 0) is 30.4 Å². The van der Waals surface area contributed by atoms with E-state index in [-0.39, 0.29) is 17.4 Å². The minimum atomic E-state index is -0.360. The van der Waals surface area contributed by atoms with Crippen LogP contribution >= 0.6 is 0 Å². The molecule has 0 fully saturated rings. The van der Waals surface area contributed by atoms with E-state index in [2.05, 4.69) is 9.97 Å². The quantitative estimate of drug-likeness (QED) is 0.581. The molecule has 0 amide bonds. The minimum Gasteiger partial charge on any atom is -0.335 e. The van der Waals surface area contributed by atoms with E-state index in [9.17, 15) is 9.18 Å². The van der Waals surface area contributed by atoms with Crippen LogP contribution in [0.5, 0.6) is 0 Å². The molecule has 0 radical (unpaired) electrons. The molecule has 98 valence electrons. The number of nitrogens with zero attached hydrogens (tertiary/aromatic N) is 1. The van der Waals surface area contributed by atoms with Gasteiger partial charge in [-0.3, -0.25) is 4.79 Å². The number of carbonyl (C=O) groups excluding carboxylic acids is 1. The average molecular weight is 266 g/mol. The average Bonchev–Trinajstić information content (AvgIpc) is 2.90. The highest BCUT2D eigenvalue weighted by Crippen LogP contribution is 2.12. The number of nitrogens with one attached hydrogen (secondary N) is 1. The third-order valence-electron chi connectivity index (χ3n) is 2.94. The molecule has 1 N–H and O–H groups in total. The van der Waals surface area contributed by atoms with Crippen molar-refractivity contribution < 1.29 is 9.18 Å². The number of rotatable bonds is 3. The summed E-state index contributed by atoms with van der Waals surface area (Å²) in [5.74, 6) is -0.399. The summed E-state index contributed by atoms with van der Waals surface area (Å²) in [6.07, 6.45) is 2.76. The molecule has 1 heterocycles. The van der Waals surface area contributed by atoms with E-state index in [1.165, 1.54) is 18.2 Å². The molecule has 20 heavy (non-hydrogen) atoms. The monoisotopic (exact) mass is 266 g/mol. The Morgan fingerprint density at radius 2 is 1.85 bits per heavy atom. The number of H-pyrrole nitrogens is 1. The van der Waals surface area contributed by atoms with Gasteiger partial charge >= 0.3 is 0 Å². The second-order valence-electron chi connectivity index (χ2n) is 4.32. The number of carbonyl (C=O) groups is 1. The second-order valence-corrected chi connectivity index (χ2v) is 4.32. The maximum Gasteiger partial charge on any atom is 0.221 e. The smallest absolute Gasteiger partial charge is 0.221 e. The third kappa shape index (κ3) is 2.36. The number of allylic oxidation sites excluding steroid dienone is 1. The third-order valence-corrected chi connectivity index (χ3v) is 2.94. The summed E-state index contributed by atoms with van der Waals surface area (Å²) < 4.78 is 13.4. The fourth-order valence-corrected chi connectivity index (χ4v) is 1.92. The molecule has 0 saturated carbocycles. The second kappa shape index (κ2) is 5.09. The predicted molar refractivity (Wildman–Crippen MR) is 75.9 cm³/mol. The molecule has 0 unspecified atom stereocenters. The minimum absolute atomic E-state index is 0.249. The number of imidazole rings is 1. The Bertz CT molecular complexity index is 772. The fraction of sp³-hybridized carbons (Fsp3) is 0. The van der Waals surface area contributed by atoms with E-state index in [0.717, 1.165) is 11.0 Å². The maximum absolute atomic E-state index is 13.4. The van der Waals surface area contributed by atoms with E-state index in [1.807, 2.05) is 24.3 Å². The molecule has 0 aliphatic carbocycles. The number of aromatic nitrogens is 2. The van der Waals surface area contributed by atoms with Crippen molar-refractivity contribution >= 4 is 22.9 Å². The Balaban J connectivity index is 1.88. The molecule has 0 spiro atoms. The number of benzene rings is 2. The Kier molecular flexibility index (Phi) is 3.13. The highest BCUT2D eigenvalue weighted by Gasteiger charge is 2.08. The van der Waals surface area contributed by atoms with Gasteiger partial charge in [-0.2, -0.15) is 0 Å². The molecule has 0 bridgehead atoms. The highest BCUT2D eigenvalue weighted by molar-refractivity contribution is 6.05. The van der Waals surface area contributed by atoms with Crippen LogP contribution in [0.2, 0.25) is 0 Å². The van der Waals surface area contributed by atoms with Crippen molar-refractivity contribution in [1.29, 1.82) is 0 Å². The summed E-state index contributed by atoms with van der Waals surface area (Å²) in [5.41, 5.74) is 1.90. The van der Waals surface area contributed by atoms with Crippen LogP contribution < -0.4 is 0 Å². The number of hydrogen-bond acceptors (Lipinski definition) is 2. The van der Waals surface area contributed by atoms with Crippen LogP contribution in [0, 0.1) is 5.82 Å². The van der Waals surface area contributed by atoms with E-state index in [4.69, 9.17) is 0 Å². The van der Waals surface area contributed by atoms with Crippen LogP contribution in [-0.2, 0) is 0 Å². The van der Waals surface area contributed by atoms with Crippen molar-refractivity contribution in [3.63, 3.8) is 0 Å². The molecular weight excluding hydrogens is 255 g/mol. The number of hydrogen-bond donors (Lipinski definition) is 1. The molecule has 2 aromatic carbocycles. The van der Waals surface area contributed by atoms with Crippen LogP contribution in [0.3, 0.4) is 0 Å². The van der Waals surface area contributed by atoms with Crippen molar-refractivity contribution in [3.8, 4) is 0 Å². The van der Waals surface area contributed by atoms with Gasteiger partial charge in [0.25, 0.3) is 0 Å². The highest BCUT2D eigenvalue weighted by atomic mass is 19.1. The Hall–Kier alpha value is -2.75. The van der Waals surface area contributed by atoms with E-state index >= 15 is 0 Å². The molecule has 0 atom stereocenters. The van der Waals surface area contributed by atoms with Crippen molar-refractivity contribution in [2.45, 2.75) is 0 Å². The first kappa shape index (κ1) is 12.3. The number of fused-ring (bicyclic) bond motifs is 1. The van der Waals surface area contributed by atoms with Crippen LogP contribution in [0.1, 0.15) is 16.2 Å². The van der Waals surface area contributed by atoms with Crippen molar-refractivity contribution in [2.24, 2.45) is 0 Å². The normalized spacial score (nSPS) is 11.2. The Morgan fingerprint density at radius 3 is 2.65 bits per heavy atom. The molecule has 0 saturated heterocycles. The number of aromatic amines is 1. The molecule has 0 aliphatic heterocycles. The molecule has 0 aliphatic rings. The van der Waals surface area contributed by atoms with Gasteiger partial charge in [0.15, 0.2) is 5.82 Å². The van der Waals surface area contributed by atoms with Gasteiger partial charge in [0, 0.05) is 5.56 Å². The lowest BCUT2D eigenvalue weighted by Gasteiger charge is -1.94. The van der Waals surface area contributed by atoms with Gasteiger partial charge in [0.1, 0.15) is 5.82 Å².